The lowest BCUT2D eigenvalue weighted by Crippen LogP contribution is -2.44. The van der Waals surface area contributed by atoms with E-state index in [4.69, 9.17) is 0 Å². The van der Waals surface area contributed by atoms with Crippen LogP contribution in [-0.4, -0.2) is 26.7 Å². The number of nitrogens with one attached hydrogen (secondary N) is 2. The molecule has 1 atom stereocenters. The zero-order valence-corrected chi connectivity index (χ0v) is 14.7. The Morgan fingerprint density at radius 3 is 2.30 bits per heavy atom. The van der Waals surface area contributed by atoms with E-state index in [1.54, 1.807) is 24.3 Å². The predicted octanol–water partition coefficient (Wildman–Crippen LogP) is 3.17. The second kappa shape index (κ2) is 7.81. The Kier molecular flexibility index (Phi) is 6.04. The third-order valence-corrected chi connectivity index (χ3v) is 5.49. The molecule has 0 aliphatic heterocycles. The van der Waals surface area contributed by atoms with Gasteiger partial charge >= 0.3 is 6.03 Å². The van der Waals surface area contributed by atoms with Crippen molar-refractivity contribution in [2.75, 3.05) is 6.26 Å². The van der Waals surface area contributed by atoms with Crippen LogP contribution >= 0.6 is 0 Å². The van der Waals surface area contributed by atoms with E-state index in [1.165, 1.54) is 25.5 Å². The molecule has 23 heavy (non-hydrogen) atoms. The van der Waals surface area contributed by atoms with Gasteiger partial charge in [0.1, 0.15) is 0 Å². The summed E-state index contributed by atoms with van der Waals surface area (Å²) in [5, 5.41) is 6.03. The van der Waals surface area contributed by atoms with Gasteiger partial charge in [-0.05, 0) is 37.0 Å². The van der Waals surface area contributed by atoms with Gasteiger partial charge in [-0.15, -0.1) is 0 Å². The molecule has 5 nitrogen and oxygen atoms in total. The van der Waals surface area contributed by atoms with Crippen molar-refractivity contribution < 1.29 is 13.2 Å². The molecule has 0 aromatic heterocycles. The minimum Gasteiger partial charge on any atom is -0.335 e. The topological polar surface area (TPSA) is 75.3 Å². The molecule has 1 fully saturated rings. The molecule has 128 valence electrons. The zero-order valence-electron chi connectivity index (χ0n) is 13.8. The third kappa shape index (κ3) is 5.23. The Balaban J connectivity index is 1.97. The summed E-state index contributed by atoms with van der Waals surface area (Å²) in [6, 6.07) is 6.73. The highest BCUT2D eigenvalue weighted by Gasteiger charge is 2.18. The van der Waals surface area contributed by atoms with Gasteiger partial charge in [0.15, 0.2) is 9.84 Å². The molecular weight excluding hydrogens is 312 g/mol. The number of hydrogen-bond donors (Lipinski definition) is 2. The molecular formula is C17H26N2O3S. The molecule has 0 spiro atoms. The van der Waals surface area contributed by atoms with Crippen LogP contribution in [0.3, 0.4) is 0 Å². The summed E-state index contributed by atoms with van der Waals surface area (Å²) in [4.78, 5) is 12.5. The van der Waals surface area contributed by atoms with Gasteiger partial charge in [0.05, 0.1) is 10.9 Å². The normalized spacial score (nSPS) is 17.5. The second-order valence-electron chi connectivity index (χ2n) is 6.25. The largest absolute Gasteiger partial charge is 0.335 e. The molecule has 1 aromatic carbocycles. The summed E-state index contributed by atoms with van der Waals surface area (Å²) in [5.41, 5.74) is 0.915. The van der Waals surface area contributed by atoms with Gasteiger partial charge in [0.25, 0.3) is 0 Å². The lowest BCUT2D eigenvalue weighted by atomic mass is 9.96. The third-order valence-electron chi connectivity index (χ3n) is 4.36. The molecule has 2 amide bonds. The second-order valence-corrected chi connectivity index (χ2v) is 8.27. The molecule has 1 aliphatic carbocycles. The van der Waals surface area contributed by atoms with E-state index in [0.29, 0.717) is 4.90 Å². The summed E-state index contributed by atoms with van der Waals surface area (Å²) < 4.78 is 23.0. The standard InChI is InChI=1S/C17H26N2O3S/c1-3-16(13-9-11-15(12-10-13)23(2,21)22)19-17(20)18-14-7-5-4-6-8-14/h9-12,14,16H,3-8H2,1-2H3,(H2,18,19,20). The number of rotatable bonds is 5. The van der Waals surface area contributed by atoms with Gasteiger partial charge in [-0.3, -0.25) is 0 Å². The van der Waals surface area contributed by atoms with Crippen LogP contribution < -0.4 is 10.6 Å². The van der Waals surface area contributed by atoms with E-state index in [9.17, 15) is 13.2 Å². The van der Waals surface area contributed by atoms with Crippen LogP contribution in [0.4, 0.5) is 4.79 Å². The van der Waals surface area contributed by atoms with E-state index in [0.717, 1.165) is 24.8 Å². The average molecular weight is 338 g/mol. The maximum absolute atomic E-state index is 12.2. The number of carbonyl (C=O) groups is 1. The Morgan fingerprint density at radius 1 is 1.17 bits per heavy atom. The first-order valence-corrected chi connectivity index (χ1v) is 10.2. The molecule has 2 rings (SSSR count). The summed E-state index contributed by atoms with van der Waals surface area (Å²) >= 11 is 0. The van der Waals surface area contributed by atoms with Gasteiger partial charge in [-0.25, -0.2) is 13.2 Å². The van der Waals surface area contributed by atoms with E-state index >= 15 is 0 Å². The molecule has 0 saturated heterocycles. The summed E-state index contributed by atoms with van der Waals surface area (Å²) in [6.45, 7) is 2.00. The van der Waals surface area contributed by atoms with E-state index in [2.05, 4.69) is 10.6 Å². The Bertz CT molecular complexity index is 620. The molecule has 0 heterocycles. The SMILES string of the molecule is CCC(NC(=O)NC1CCCCC1)c1ccc(S(C)(=O)=O)cc1. The Labute approximate surface area is 138 Å². The number of sulfone groups is 1. The van der Waals surface area contributed by atoms with Gasteiger partial charge in [0.2, 0.25) is 0 Å². The van der Waals surface area contributed by atoms with Crippen molar-refractivity contribution in [1.29, 1.82) is 0 Å². The fourth-order valence-corrected chi connectivity index (χ4v) is 3.63. The van der Waals surface area contributed by atoms with Crippen molar-refractivity contribution in [3.05, 3.63) is 29.8 Å². The van der Waals surface area contributed by atoms with Crippen molar-refractivity contribution in [3.63, 3.8) is 0 Å². The van der Waals surface area contributed by atoms with Gasteiger partial charge < -0.3 is 10.6 Å². The van der Waals surface area contributed by atoms with Crippen LogP contribution in [0.5, 0.6) is 0 Å². The van der Waals surface area contributed by atoms with Crippen molar-refractivity contribution in [2.24, 2.45) is 0 Å². The molecule has 2 N–H and O–H groups in total. The van der Waals surface area contributed by atoms with Crippen LogP contribution in [0.1, 0.15) is 57.1 Å². The monoisotopic (exact) mass is 338 g/mol. The van der Waals surface area contributed by atoms with Crippen molar-refractivity contribution in [2.45, 2.75) is 62.4 Å². The van der Waals surface area contributed by atoms with Crippen molar-refractivity contribution in [3.8, 4) is 0 Å². The average Bonchev–Trinajstić information content (AvgIpc) is 2.53. The first-order chi connectivity index (χ1) is 10.9. The maximum atomic E-state index is 12.2. The smallest absolute Gasteiger partial charge is 0.315 e. The predicted molar refractivity (Wildman–Crippen MR) is 91.1 cm³/mol. The maximum Gasteiger partial charge on any atom is 0.315 e. The molecule has 0 radical (unpaired) electrons. The molecule has 1 unspecified atom stereocenters. The van der Waals surface area contributed by atoms with E-state index < -0.39 is 9.84 Å². The number of benzene rings is 1. The van der Waals surface area contributed by atoms with Crippen LogP contribution in [0.2, 0.25) is 0 Å². The highest BCUT2D eigenvalue weighted by Crippen LogP contribution is 2.20. The quantitative estimate of drug-likeness (QED) is 0.866. The number of carbonyl (C=O) groups excluding carboxylic acids is 1. The van der Waals surface area contributed by atoms with Gasteiger partial charge in [-0.1, -0.05) is 38.3 Å². The van der Waals surface area contributed by atoms with Crippen LogP contribution in [0.15, 0.2) is 29.2 Å². The van der Waals surface area contributed by atoms with Crippen LogP contribution in [0.25, 0.3) is 0 Å². The van der Waals surface area contributed by atoms with Gasteiger partial charge in [0, 0.05) is 12.3 Å². The van der Waals surface area contributed by atoms with Crippen LogP contribution in [-0.2, 0) is 9.84 Å². The summed E-state index contributed by atoms with van der Waals surface area (Å²) in [6.07, 6.45) is 7.64. The number of amides is 2. The highest BCUT2D eigenvalue weighted by molar-refractivity contribution is 7.90. The number of urea groups is 1. The summed E-state index contributed by atoms with van der Waals surface area (Å²) in [5.74, 6) is 0. The van der Waals surface area contributed by atoms with E-state index in [1.807, 2.05) is 6.92 Å². The lowest BCUT2D eigenvalue weighted by molar-refractivity contribution is 0.228. The first kappa shape index (κ1) is 17.8. The molecule has 1 aliphatic rings. The minimum atomic E-state index is -3.19. The fraction of sp³-hybridized carbons (Fsp3) is 0.588. The van der Waals surface area contributed by atoms with Crippen molar-refractivity contribution in [1.82, 2.24) is 10.6 Å². The fourth-order valence-electron chi connectivity index (χ4n) is 3.00. The summed E-state index contributed by atoms with van der Waals surface area (Å²) in [7, 11) is -3.19. The number of hydrogen-bond acceptors (Lipinski definition) is 3. The molecule has 1 aromatic rings. The highest BCUT2D eigenvalue weighted by atomic mass is 32.2. The van der Waals surface area contributed by atoms with E-state index in [-0.39, 0.29) is 18.1 Å². The molecule has 1 saturated carbocycles. The Hall–Kier alpha value is -1.56. The van der Waals surface area contributed by atoms with Crippen molar-refractivity contribution >= 4 is 15.9 Å². The Morgan fingerprint density at radius 2 is 1.78 bits per heavy atom. The lowest BCUT2D eigenvalue weighted by Gasteiger charge is -2.25. The van der Waals surface area contributed by atoms with Crippen LogP contribution in [0, 0.1) is 0 Å². The molecule has 6 heteroatoms. The zero-order chi connectivity index (χ0) is 16.9. The molecule has 0 bridgehead atoms. The minimum absolute atomic E-state index is 0.118. The first-order valence-electron chi connectivity index (χ1n) is 8.27. The van der Waals surface area contributed by atoms with Gasteiger partial charge in [-0.2, -0.15) is 0 Å².